The van der Waals surface area contributed by atoms with E-state index >= 15 is 0 Å². The summed E-state index contributed by atoms with van der Waals surface area (Å²) in [5, 5.41) is 2.52. The Bertz CT molecular complexity index is 515. The third kappa shape index (κ3) is 2.78. The molecule has 1 fully saturated rings. The Morgan fingerprint density at radius 1 is 1.28 bits per heavy atom. The third-order valence-electron chi connectivity index (χ3n) is 3.36. The van der Waals surface area contributed by atoms with Gasteiger partial charge in [0, 0.05) is 0 Å². The zero-order chi connectivity index (χ0) is 13.2. The van der Waals surface area contributed by atoms with Crippen molar-refractivity contribution in [1.29, 1.82) is 0 Å². The van der Waals surface area contributed by atoms with Crippen LogP contribution in [0.15, 0.2) is 26.8 Å². The van der Waals surface area contributed by atoms with Gasteiger partial charge in [-0.15, -0.1) is 0 Å². The summed E-state index contributed by atoms with van der Waals surface area (Å²) in [6, 6.07) is 1.87. The Labute approximate surface area is 105 Å². The molecule has 0 aromatic carbocycles. The van der Waals surface area contributed by atoms with Crippen molar-refractivity contribution in [3.05, 3.63) is 22.8 Å². The highest BCUT2D eigenvalue weighted by atomic mass is 32.2. The fourth-order valence-corrected chi connectivity index (χ4v) is 2.89. The van der Waals surface area contributed by atoms with Crippen molar-refractivity contribution in [1.82, 2.24) is 0 Å². The molecule has 0 bridgehead atoms. The molecule has 1 aromatic heterocycles. The maximum atomic E-state index is 10.9. The number of rotatable bonds is 4. The van der Waals surface area contributed by atoms with Gasteiger partial charge in [-0.1, -0.05) is 24.4 Å². The van der Waals surface area contributed by atoms with Crippen molar-refractivity contribution in [2.75, 3.05) is 0 Å². The molecule has 2 rings (SSSR count). The SMILES string of the molecule is O=NC(c1ccc(S(=O)(=O)O)o1)C1CCCCC1. The Kier molecular flexibility index (Phi) is 3.82. The fraction of sp³-hybridized carbons (Fsp3) is 0.636. The van der Waals surface area contributed by atoms with Crippen LogP contribution in [0, 0.1) is 10.8 Å². The molecule has 6 nitrogen and oxygen atoms in total. The summed E-state index contributed by atoms with van der Waals surface area (Å²) >= 11 is 0. The van der Waals surface area contributed by atoms with Crippen molar-refractivity contribution >= 4 is 10.1 Å². The summed E-state index contributed by atoms with van der Waals surface area (Å²) in [6.07, 6.45) is 5.01. The van der Waals surface area contributed by atoms with Gasteiger partial charge in [0.15, 0.2) is 6.04 Å². The van der Waals surface area contributed by atoms with Crippen molar-refractivity contribution < 1.29 is 17.4 Å². The van der Waals surface area contributed by atoms with Crippen LogP contribution in [0.4, 0.5) is 0 Å². The Balaban J connectivity index is 2.22. The minimum atomic E-state index is -4.36. The van der Waals surface area contributed by atoms with E-state index < -0.39 is 21.3 Å². The first kappa shape index (κ1) is 13.2. The molecule has 1 aromatic rings. The number of hydrogen-bond acceptors (Lipinski definition) is 5. The van der Waals surface area contributed by atoms with Gasteiger partial charge in [-0.05, 0) is 30.9 Å². The van der Waals surface area contributed by atoms with Crippen molar-refractivity contribution in [3.63, 3.8) is 0 Å². The van der Waals surface area contributed by atoms with E-state index in [1.54, 1.807) is 0 Å². The average Bonchev–Trinajstić information content (AvgIpc) is 2.81. The standard InChI is InChI=1S/C11H15NO5S/c13-12-11(8-4-2-1-3-5-8)9-6-7-10(17-9)18(14,15)16/h6-8,11H,1-5H2,(H,14,15,16). The van der Waals surface area contributed by atoms with Crippen LogP contribution < -0.4 is 0 Å². The van der Waals surface area contributed by atoms with Crippen LogP contribution in [0.5, 0.6) is 0 Å². The third-order valence-corrected chi connectivity index (χ3v) is 4.09. The first-order valence-electron chi connectivity index (χ1n) is 5.92. The molecule has 18 heavy (non-hydrogen) atoms. The van der Waals surface area contributed by atoms with Crippen LogP contribution in [0.2, 0.25) is 0 Å². The highest BCUT2D eigenvalue weighted by Crippen LogP contribution is 2.37. The van der Waals surface area contributed by atoms with E-state index in [4.69, 9.17) is 8.97 Å². The molecule has 0 aliphatic heterocycles. The van der Waals surface area contributed by atoms with Crippen LogP contribution in [0.25, 0.3) is 0 Å². The maximum Gasteiger partial charge on any atom is 0.328 e. The predicted molar refractivity (Wildman–Crippen MR) is 63.6 cm³/mol. The second-order valence-electron chi connectivity index (χ2n) is 4.58. The summed E-state index contributed by atoms with van der Waals surface area (Å²) in [6.45, 7) is 0. The van der Waals surface area contributed by atoms with Crippen molar-refractivity contribution in [2.24, 2.45) is 11.1 Å². The van der Waals surface area contributed by atoms with Gasteiger partial charge in [0.05, 0.1) is 0 Å². The van der Waals surface area contributed by atoms with Crippen LogP contribution in [0.3, 0.4) is 0 Å². The first-order chi connectivity index (χ1) is 8.52. The summed E-state index contributed by atoms with van der Waals surface area (Å²) in [4.78, 5) is 10.9. The minimum Gasteiger partial charge on any atom is -0.445 e. The van der Waals surface area contributed by atoms with E-state index in [2.05, 4.69) is 5.18 Å². The number of nitrogens with zero attached hydrogens (tertiary/aromatic N) is 1. The van der Waals surface area contributed by atoms with Crippen molar-refractivity contribution in [3.8, 4) is 0 Å². The second-order valence-corrected chi connectivity index (χ2v) is 5.93. The molecule has 1 aliphatic rings. The van der Waals surface area contributed by atoms with Gasteiger partial charge in [-0.25, -0.2) is 0 Å². The minimum absolute atomic E-state index is 0.0941. The van der Waals surface area contributed by atoms with Crippen LogP contribution in [0.1, 0.15) is 43.9 Å². The molecule has 100 valence electrons. The number of furan rings is 1. The topological polar surface area (TPSA) is 96.9 Å². The smallest absolute Gasteiger partial charge is 0.328 e. The molecule has 0 amide bonds. The van der Waals surface area contributed by atoms with Gasteiger partial charge in [-0.2, -0.15) is 13.3 Å². The van der Waals surface area contributed by atoms with E-state index in [0.717, 1.165) is 38.2 Å². The lowest BCUT2D eigenvalue weighted by Gasteiger charge is -2.24. The lowest BCUT2D eigenvalue weighted by molar-refractivity contribution is 0.267. The summed E-state index contributed by atoms with van der Waals surface area (Å²) in [5.74, 6) is 0.307. The van der Waals surface area contributed by atoms with Gasteiger partial charge in [0.1, 0.15) is 5.76 Å². The molecule has 1 heterocycles. The summed E-state index contributed by atoms with van der Waals surface area (Å²) in [7, 11) is -4.36. The fourth-order valence-electron chi connectivity index (χ4n) is 2.45. The van der Waals surface area contributed by atoms with Crippen LogP contribution >= 0.6 is 0 Å². The normalized spacial score (nSPS) is 19.6. The second kappa shape index (κ2) is 5.19. The molecule has 0 spiro atoms. The van der Waals surface area contributed by atoms with Gasteiger partial charge in [-0.3, -0.25) is 4.55 Å². The highest BCUT2D eigenvalue weighted by Gasteiger charge is 2.29. The average molecular weight is 273 g/mol. The van der Waals surface area contributed by atoms with Gasteiger partial charge >= 0.3 is 10.1 Å². The lowest BCUT2D eigenvalue weighted by Crippen LogP contribution is -2.14. The molecule has 1 aliphatic carbocycles. The predicted octanol–water partition coefficient (Wildman–Crippen LogP) is 2.91. The van der Waals surface area contributed by atoms with Crippen LogP contribution in [-0.2, 0) is 10.1 Å². The molecule has 1 unspecified atom stereocenters. The van der Waals surface area contributed by atoms with E-state index in [1.807, 2.05) is 0 Å². The van der Waals surface area contributed by atoms with E-state index in [0.29, 0.717) is 0 Å². The molecule has 1 N–H and O–H groups in total. The van der Waals surface area contributed by atoms with Crippen LogP contribution in [-0.4, -0.2) is 13.0 Å². The first-order valence-corrected chi connectivity index (χ1v) is 7.36. The molecule has 1 saturated carbocycles. The Morgan fingerprint density at radius 2 is 1.94 bits per heavy atom. The van der Waals surface area contributed by atoms with Gasteiger partial charge in [0.25, 0.3) is 0 Å². The van der Waals surface area contributed by atoms with Gasteiger partial charge in [0.2, 0.25) is 5.09 Å². The quantitative estimate of drug-likeness (QED) is 0.672. The number of hydrogen-bond donors (Lipinski definition) is 1. The zero-order valence-electron chi connectivity index (χ0n) is 9.78. The summed E-state index contributed by atoms with van der Waals surface area (Å²) in [5.41, 5.74) is 0. The van der Waals surface area contributed by atoms with E-state index in [-0.39, 0.29) is 11.7 Å². The Morgan fingerprint density at radius 3 is 2.44 bits per heavy atom. The van der Waals surface area contributed by atoms with E-state index in [9.17, 15) is 13.3 Å². The summed E-state index contributed by atoms with van der Waals surface area (Å²) < 4.78 is 35.6. The molecule has 0 radical (unpaired) electrons. The molecule has 1 atom stereocenters. The molecule has 7 heteroatoms. The zero-order valence-corrected chi connectivity index (χ0v) is 10.6. The molecular weight excluding hydrogens is 258 g/mol. The maximum absolute atomic E-state index is 10.9. The van der Waals surface area contributed by atoms with E-state index in [1.165, 1.54) is 6.07 Å². The largest absolute Gasteiger partial charge is 0.445 e. The monoisotopic (exact) mass is 273 g/mol. The van der Waals surface area contributed by atoms with Crippen molar-refractivity contribution in [2.45, 2.75) is 43.2 Å². The molecule has 0 saturated heterocycles. The Hall–Kier alpha value is -1.21. The highest BCUT2D eigenvalue weighted by molar-refractivity contribution is 7.85. The lowest BCUT2D eigenvalue weighted by atomic mass is 9.83. The van der Waals surface area contributed by atoms with Gasteiger partial charge < -0.3 is 4.42 Å². The molecular formula is C11H15NO5S. The number of nitroso groups, excluding NO2 is 1.